The molecule has 0 radical (unpaired) electrons. The number of carbonyl (C=O) groups is 2. The quantitative estimate of drug-likeness (QED) is 0.621. The van der Waals surface area contributed by atoms with Gasteiger partial charge >= 0.3 is 6.16 Å². The molecule has 0 unspecified atom stereocenters. The molecule has 0 aliphatic heterocycles. The molecule has 5 nitrogen and oxygen atoms in total. The lowest BCUT2D eigenvalue weighted by Gasteiger charge is -2.13. The molecular formula is C16H11ClO5. The molecule has 3 N–H and O–H groups in total. The minimum Gasteiger partial charge on any atom is -0.507 e. The summed E-state index contributed by atoms with van der Waals surface area (Å²) in [5.74, 6) is -0.190. The van der Waals surface area contributed by atoms with Crippen molar-refractivity contribution in [2.45, 2.75) is 0 Å². The van der Waals surface area contributed by atoms with Gasteiger partial charge in [-0.1, -0.05) is 23.8 Å². The van der Waals surface area contributed by atoms with E-state index in [1.807, 2.05) is 12.2 Å². The molecule has 112 valence electrons. The van der Waals surface area contributed by atoms with E-state index in [1.54, 1.807) is 36.4 Å². The number of hydrogen-bond donors (Lipinski definition) is 3. The fourth-order valence-electron chi connectivity index (χ4n) is 1.93. The van der Waals surface area contributed by atoms with Gasteiger partial charge in [-0.25, -0.2) is 4.79 Å². The second-order valence-corrected chi connectivity index (χ2v) is 4.89. The lowest BCUT2D eigenvalue weighted by Crippen LogP contribution is -2.04. The Morgan fingerprint density at radius 2 is 1.41 bits per heavy atom. The Balaban J connectivity index is 0.000000396. The van der Waals surface area contributed by atoms with Gasteiger partial charge in [0.1, 0.15) is 5.75 Å². The lowest BCUT2D eigenvalue weighted by atomic mass is 9.92. The highest BCUT2D eigenvalue weighted by Gasteiger charge is 2.17. The average Bonchev–Trinajstić information content (AvgIpc) is 2.42. The van der Waals surface area contributed by atoms with Crippen LogP contribution in [0.15, 0.2) is 36.4 Å². The van der Waals surface area contributed by atoms with Crippen LogP contribution < -0.4 is 0 Å². The molecule has 0 aromatic heterocycles. The van der Waals surface area contributed by atoms with Crippen LogP contribution in [0.5, 0.6) is 5.75 Å². The third-order valence-electron chi connectivity index (χ3n) is 2.99. The number of benzene rings is 2. The van der Waals surface area contributed by atoms with E-state index in [1.165, 1.54) is 0 Å². The Morgan fingerprint density at radius 3 is 1.91 bits per heavy atom. The first-order valence-corrected chi connectivity index (χ1v) is 6.53. The van der Waals surface area contributed by atoms with Crippen molar-refractivity contribution in [2.24, 2.45) is 0 Å². The molecule has 0 bridgehead atoms. The van der Waals surface area contributed by atoms with Gasteiger partial charge in [-0.2, -0.15) is 0 Å². The summed E-state index contributed by atoms with van der Waals surface area (Å²) >= 11 is 5.78. The Hall–Kier alpha value is -2.79. The monoisotopic (exact) mass is 318 g/mol. The molecule has 0 saturated carbocycles. The summed E-state index contributed by atoms with van der Waals surface area (Å²) in [5.41, 5.74) is 2.77. The maximum Gasteiger partial charge on any atom is 0.503 e. The molecule has 0 spiro atoms. The molecule has 22 heavy (non-hydrogen) atoms. The molecule has 1 aliphatic rings. The minimum atomic E-state index is -1.83. The SMILES string of the molecule is O=C(O)O.O=C(c1ccc(Cl)cc1)c1cc2c(cc1O)C=C2. The van der Waals surface area contributed by atoms with Crippen LogP contribution in [0.4, 0.5) is 4.79 Å². The van der Waals surface area contributed by atoms with Crippen LogP contribution in [0.25, 0.3) is 12.2 Å². The predicted octanol–water partition coefficient (Wildman–Crippen LogP) is 3.98. The van der Waals surface area contributed by atoms with Gasteiger partial charge in [0.25, 0.3) is 0 Å². The number of hydrogen-bond acceptors (Lipinski definition) is 3. The van der Waals surface area contributed by atoms with Gasteiger partial charge < -0.3 is 15.3 Å². The zero-order valence-corrected chi connectivity index (χ0v) is 11.9. The van der Waals surface area contributed by atoms with Crippen molar-refractivity contribution in [3.63, 3.8) is 0 Å². The van der Waals surface area contributed by atoms with Gasteiger partial charge in [-0.15, -0.1) is 0 Å². The number of halogens is 1. The Labute approximate surface area is 130 Å². The van der Waals surface area contributed by atoms with E-state index in [0.717, 1.165) is 11.1 Å². The van der Waals surface area contributed by atoms with Crippen molar-refractivity contribution >= 4 is 35.7 Å². The lowest BCUT2D eigenvalue weighted by molar-refractivity contribution is 0.103. The number of carboxylic acid groups (broad SMARTS) is 2. The van der Waals surface area contributed by atoms with Crippen molar-refractivity contribution in [1.82, 2.24) is 0 Å². The fraction of sp³-hybridized carbons (Fsp3) is 0. The minimum absolute atomic E-state index is 0.0121. The van der Waals surface area contributed by atoms with Crippen molar-refractivity contribution in [2.75, 3.05) is 0 Å². The van der Waals surface area contributed by atoms with Crippen LogP contribution in [-0.4, -0.2) is 27.3 Å². The first kappa shape index (κ1) is 15.6. The van der Waals surface area contributed by atoms with Crippen LogP contribution in [0.3, 0.4) is 0 Å². The summed E-state index contributed by atoms with van der Waals surface area (Å²) in [6.45, 7) is 0. The normalized spacial score (nSPS) is 10.8. The zero-order chi connectivity index (χ0) is 16.3. The van der Waals surface area contributed by atoms with E-state index in [9.17, 15) is 9.90 Å². The van der Waals surface area contributed by atoms with E-state index in [4.69, 9.17) is 26.6 Å². The number of aromatic hydroxyl groups is 1. The Bertz CT molecular complexity index is 759. The molecule has 1 aliphatic carbocycles. The third kappa shape index (κ3) is 3.45. The Kier molecular flexibility index (Phi) is 4.48. The topological polar surface area (TPSA) is 94.8 Å². The molecule has 0 saturated heterocycles. The van der Waals surface area contributed by atoms with Gasteiger partial charge in [-0.05, 0) is 47.5 Å². The standard InChI is InChI=1S/C15H9ClO2.CH2O3/c16-12-5-3-9(4-6-12)15(18)13-7-10-1-2-11(10)8-14(13)17;2-1(3)4/h1-8,17H;(H2,2,3,4). The highest BCUT2D eigenvalue weighted by atomic mass is 35.5. The number of carbonyl (C=O) groups excluding carboxylic acids is 1. The third-order valence-corrected chi connectivity index (χ3v) is 3.25. The average molecular weight is 319 g/mol. The van der Waals surface area contributed by atoms with Gasteiger partial charge in [0.2, 0.25) is 0 Å². The smallest absolute Gasteiger partial charge is 0.503 e. The second kappa shape index (κ2) is 6.32. The summed E-state index contributed by atoms with van der Waals surface area (Å²) in [6, 6.07) is 9.94. The fourth-order valence-corrected chi connectivity index (χ4v) is 2.06. The number of phenols is 1. The van der Waals surface area contributed by atoms with Crippen LogP contribution in [0, 0.1) is 0 Å². The van der Waals surface area contributed by atoms with Crippen molar-refractivity contribution in [3.8, 4) is 5.75 Å². The summed E-state index contributed by atoms with van der Waals surface area (Å²) < 4.78 is 0. The van der Waals surface area contributed by atoms with Gasteiger partial charge in [0.05, 0.1) is 5.56 Å². The number of rotatable bonds is 2. The maximum absolute atomic E-state index is 12.2. The molecule has 2 aromatic carbocycles. The van der Waals surface area contributed by atoms with Gasteiger partial charge in [0.15, 0.2) is 5.78 Å². The summed E-state index contributed by atoms with van der Waals surface area (Å²) in [4.78, 5) is 20.8. The zero-order valence-electron chi connectivity index (χ0n) is 11.2. The van der Waals surface area contributed by atoms with Crippen LogP contribution in [0.2, 0.25) is 5.02 Å². The molecule has 0 atom stereocenters. The number of phenolic OH excluding ortho intramolecular Hbond substituents is 1. The van der Waals surface area contributed by atoms with Gasteiger partial charge in [-0.3, -0.25) is 4.79 Å². The van der Waals surface area contributed by atoms with Crippen molar-refractivity contribution in [1.29, 1.82) is 0 Å². The predicted molar refractivity (Wildman–Crippen MR) is 82.6 cm³/mol. The summed E-state index contributed by atoms with van der Waals surface area (Å²) in [6.07, 6.45) is 1.97. The van der Waals surface area contributed by atoms with Crippen LogP contribution >= 0.6 is 11.6 Å². The Morgan fingerprint density at radius 1 is 0.909 bits per heavy atom. The molecule has 0 heterocycles. The van der Waals surface area contributed by atoms with Crippen LogP contribution in [-0.2, 0) is 0 Å². The van der Waals surface area contributed by atoms with E-state index < -0.39 is 6.16 Å². The van der Waals surface area contributed by atoms with Crippen molar-refractivity contribution < 1.29 is 24.9 Å². The van der Waals surface area contributed by atoms with Gasteiger partial charge in [0, 0.05) is 10.6 Å². The van der Waals surface area contributed by atoms with E-state index in [-0.39, 0.29) is 11.5 Å². The van der Waals surface area contributed by atoms with E-state index in [2.05, 4.69) is 0 Å². The summed E-state index contributed by atoms with van der Waals surface area (Å²) in [5, 5.41) is 24.4. The largest absolute Gasteiger partial charge is 0.507 e. The molecule has 3 rings (SSSR count). The number of fused-ring (bicyclic) bond motifs is 1. The first-order valence-electron chi connectivity index (χ1n) is 6.15. The van der Waals surface area contributed by atoms with Crippen molar-refractivity contribution in [3.05, 3.63) is 63.7 Å². The maximum atomic E-state index is 12.2. The highest BCUT2D eigenvalue weighted by Crippen LogP contribution is 2.31. The first-order chi connectivity index (χ1) is 10.4. The van der Waals surface area contributed by atoms with E-state index >= 15 is 0 Å². The molecule has 6 heteroatoms. The highest BCUT2D eigenvalue weighted by molar-refractivity contribution is 6.30. The second-order valence-electron chi connectivity index (χ2n) is 4.45. The molecular weight excluding hydrogens is 308 g/mol. The molecule has 2 aromatic rings. The summed E-state index contributed by atoms with van der Waals surface area (Å²) in [7, 11) is 0. The van der Waals surface area contributed by atoms with E-state index in [0.29, 0.717) is 16.1 Å². The molecule has 0 fully saturated rings. The molecule has 0 amide bonds. The number of ketones is 1. The van der Waals surface area contributed by atoms with Crippen LogP contribution in [0.1, 0.15) is 27.0 Å².